The summed E-state index contributed by atoms with van der Waals surface area (Å²) in [4.78, 5) is 17.6. The number of benzene rings is 1. The number of amides is 1. The van der Waals surface area contributed by atoms with Gasteiger partial charge in [-0.3, -0.25) is 9.48 Å². The molecule has 2 unspecified atom stereocenters. The van der Waals surface area contributed by atoms with Crippen molar-refractivity contribution in [1.29, 1.82) is 0 Å². The van der Waals surface area contributed by atoms with E-state index in [-0.39, 0.29) is 47.2 Å². The van der Waals surface area contributed by atoms with Crippen LogP contribution in [0, 0.1) is 17.7 Å². The van der Waals surface area contributed by atoms with Gasteiger partial charge in [-0.25, -0.2) is 9.37 Å². The SMILES string of the molecule is Cn1cnc(C2CC3CC(O)(c4cn(C5CNC5)nc4C(F)(F)F)CC3C2)c1C(=O)Nc1ccc(F)c(Cl)c1. The molecule has 2 aromatic heterocycles. The molecule has 1 saturated heterocycles. The van der Waals surface area contributed by atoms with Crippen LogP contribution in [0.3, 0.4) is 0 Å². The van der Waals surface area contributed by atoms with Gasteiger partial charge in [0.25, 0.3) is 5.91 Å². The molecule has 3 N–H and O–H groups in total. The molecule has 6 rings (SSSR count). The second-order valence-electron chi connectivity index (χ2n) is 11.0. The second kappa shape index (κ2) is 9.31. The number of aryl methyl sites for hydroxylation is 1. The van der Waals surface area contributed by atoms with E-state index in [2.05, 4.69) is 20.7 Å². The molecule has 13 heteroatoms. The zero-order valence-electron chi connectivity index (χ0n) is 21.0. The Hall–Kier alpha value is -2.96. The van der Waals surface area contributed by atoms with Crippen LogP contribution in [0.25, 0.3) is 0 Å². The highest BCUT2D eigenvalue weighted by atomic mass is 35.5. The smallest absolute Gasteiger partial charge is 0.385 e. The lowest BCUT2D eigenvalue weighted by molar-refractivity contribution is -0.144. The van der Waals surface area contributed by atoms with Gasteiger partial charge in [-0.15, -0.1) is 0 Å². The second-order valence-corrected chi connectivity index (χ2v) is 11.4. The number of hydrogen-bond donors (Lipinski definition) is 3. The van der Waals surface area contributed by atoms with Gasteiger partial charge in [-0.05, 0) is 55.7 Å². The topological polar surface area (TPSA) is 97.0 Å². The molecule has 2 saturated carbocycles. The monoisotopic (exact) mass is 566 g/mol. The quantitative estimate of drug-likeness (QED) is 0.392. The van der Waals surface area contributed by atoms with E-state index in [1.54, 1.807) is 17.9 Å². The van der Waals surface area contributed by atoms with Gasteiger partial charge < -0.3 is 20.3 Å². The maximum absolute atomic E-state index is 13.9. The Kier molecular flexibility index (Phi) is 6.27. The zero-order chi connectivity index (χ0) is 27.7. The fraction of sp³-hybridized carbons (Fsp3) is 0.500. The van der Waals surface area contributed by atoms with E-state index in [4.69, 9.17) is 11.6 Å². The molecule has 8 nitrogen and oxygen atoms in total. The third kappa shape index (κ3) is 4.62. The van der Waals surface area contributed by atoms with Gasteiger partial charge >= 0.3 is 6.18 Å². The molecular weight excluding hydrogens is 540 g/mol. The van der Waals surface area contributed by atoms with Gasteiger partial charge in [0, 0.05) is 43.5 Å². The van der Waals surface area contributed by atoms with Crippen LogP contribution < -0.4 is 10.6 Å². The number of nitrogens with zero attached hydrogens (tertiary/aromatic N) is 4. The van der Waals surface area contributed by atoms with Crippen LogP contribution in [0.15, 0.2) is 30.7 Å². The molecule has 1 aromatic carbocycles. The third-order valence-corrected chi connectivity index (χ3v) is 8.71. The third-order valence-electron chi connectivity index (χ3n) is 8.42. The number of carbonyl (C=O) groups excluding carboxylic acids is 1. The number of carbonyl (C=O) groups is 1. The minimum atomic E-state index is -4.67. The number of anilines is 1. The molecule has 0 spiro atoms. The molecule has 3 aliphatic rings. The Morgan fingerprint density at radius 3 is 2.51 bits per heavy atom. The van der Waals surface area contributed by atoms with Crippen LogP contribution in [-0.4, -0.2) is 43.4 Å². The standard InChI is InChI=1S/C26H27ClF4N6O2/c1-36-12-33-21(22(36)24(38)34-16-2-3-20(28)19(27)6-16)13-4-14-7-25(39,8-15(14)5-13)18-11-37(17-9-32-10-17)35-23(18)26(29,30)31/h2-3,6,11-15,17,32,39H,4-5,7-10H2,1H3,(H,34,38). The Bertz CT molecular complexity index is 1420. The molecule has 2 aliphatic carbocycles. The fourth-order valence-corrected chi connectivity index (χ4v) is 6.66. The summed E-state index contributed by atoms with van der Waals surface area (Å²) in [5.41, 5.74) is -1.49. The number of alkyl halides is 3. The van der Waals surface area contributed by atoms with Gasteiger partial charge in [0.05, 0.1) is 28.7 Å². The maximum atomic E-state index is 13.9. The number of rotatable bonds is 5. The molecule has 1 amide bonds. The fourth-order valence-electron chi connectivity index (χ4n) is 6.48. The highest BCUT2D eigenvalue weighted by Crippen LogP contribution is 2.58. The number of halogens is 5. The molecule has 208 valence electrons. The summed E-state index contributed by atoms with van der Waals surface area (Å²) in [5.74, 6) is -1.15. The molecule has 39 heavy (non-hydrogen) atoms. The Balaban J connectivity index is 1.20. The minimum absolute atomic E-state index is 0.0244. The summed E-state index contributed by atoms with van der Waals surface area (Å²) in [5, 5.41) is 21.0. The van der Waals surface area contributed by atoms with Crippen molar-refractivity contribution < 1.29 is 27.5 Å². The van der Waals surface area contributed by atoms with Crippen LogP contribution in [0.2, 0.25) is 5.02 Å². The van der Waals surface area contributed by atoms with Crippen LogP contribution in [0.1, 0.15) is 65.1 Å². The molecule has 3 fully saturated rings. The number of nitrogens with one attached hydrogen (secondary N) is 2. The first-order chi connectivity index (χ1) is 18.4. The average molecular weight is 567 g/mol. The predicted octanol–water partition coefficient (Wildman–Crippen LogP) is 4.62. The van der Waals surface area contributed by atoms with E-state index < -0.39 is 29.2 Å². The van der Waals surface area contributed by atoms with Crippen LogP contribution >= 0.6 is 11.6 Å². The Morgan fingerprint density at radius 2 is 1.92 bits per heavy atom. The molecule has 2 atom stereocenters. The Morgan fingerprint density at radius 1 is 1.23 bits per heavy atom. The summed E-state index contributed by atoms with van der Waals surface area (Å²) in [6, 6.07) is 3.74. The van der Waals surface area contributed by atoms with Crippen molar-refractivity contribution in [1.82, 2.24) is 24.6 Å². The number of hydrogen-bond acceptors (Lipinski definition) is 5. The predicted molar refractivity (Wildman–Crippen MR) is 134 cm³/mol. The van der Waals surface area contributed by atoms with Gasteiger partial charge in [0.1, 0.15) is 11.5 Å². The van der Waals surface area contributed by atoms with Gasteiger partial charge in [0.2, 0.25) is 0 Å². The zero-order valence-corrected chi connectivity index (χ0v) is 21.7. The number of fused-ring (bicyclic) bond motifs is 1. The lowest BCUT2D eigenvalue weighted by atomic mass is 9.87. The summed E-state index contributed by atoms with van der Waals surface area (Å²) < 4.78 is 58.1. The van der Waals surface area contributed by atoms with Gasteiger partial charge in [-0.1, -0.05) is 11.6 Å². The van der Waals surface area contributed by atoms with E-state index in [1.165, 1.54) is 29.1 Å². The van der Waals surface area contributed by atoms with Crippen molar-refractivity contribution in [3.63, 3.8) is 0 Å². The summed E-state index contributed by atoms with van der Waals surface area (Å²) in [7, 11) is 1.70. The number of aliphatic hydroxyl groups is 1. The molecule has 3 aromatic rings. The first-order valence-electron chi connectivity index (χ1n) is 12.8. The van der Waals surface area contributed by atoms with Crippen molar-refractivity contribution in [3.05, 3.63) is 64.2 Å². The van der Waals surface area contributed by atoms with E-state index in [1.807, 2.05) is 0 Å². The van der Waals surface area contributed by atoms with Crippen molar-refractivity contribution in [2.75, 3.05) is 18.4 Å². The molecule has 0 radical (unpaired) electrons. The largest absolute Gasteiger partial charge is 0.435 e. The van der Waals surface area contributed by atoms with Gasteiger partial charge in [0.15, 0.2) is 5.69 Å². The lowest BCUT2D eigenvalue weighted by Crippen LogP contribution is -2.43. The first-order valence-corrected chi connectivity index (χ1v) is 13.2. The van der Waals surface area contributed by atoms with Crippen molar-refractivity contribution in [2.45, 2.75) is 49.4 Å². The average Bonchev–Trinajstić information content (AvgIpc) is 3.56. The van der Waals surface area contributed by atoms with Crippen LogP contribution in [-0.2, 0) is 18.8 Å². The minimum Gasteiger partial charge on any atom is -0.385 e. The van der Waals surface area contributed by atoms with Crippen LogP contribution in [0.4, 0.5) is 23.2 Å². The molecule has 3 heterocycles. The molecule has 0 bridgehead atoms. The Labute approximate surface area is 226 Å². The van der Waals surface area contributed by atoms with Crippen LogP contribution in [0.5, 0.6) is 0 Å². The highest BCUT2D eigenvalue weighted by Gasteiger charge is 2.54. The normalized spacial score (nSPS) is 27.0. The van der Waals surface area contributed by atoms with E-state index >= 15 is 0 Å². The van der Waals surface area contributed by atoms with E-state index in [9.17, 15) is 27.5 Å². The molecular formula is C26H27ClF4N6O2. The number of aromatic nitrogens is 4. The molecule has 1 aliphatic heterocycles. The van der Waals surface area contributed by atoms with Crippen molar-refractivity contribution in [3.8, 4) is 0 Å². The maximum Gasteiger partial charge on any atom is 0.435 e. The number of imidazole rings is 1. The van der Waals surface area contributed by atoms with Crippen molar-refractivity contribution >= 4 is 23.2 Å². The first kappa shape index (κ1) is 26.3. The summed E-state index contributed by atoms with van der Waals surface area (Å²) in [6.45, 7) is 1.08. The van der Waals surface area contributed by atoms with Crippen molar-refractivity contribution in [2.24, 2.45) is 18.9 Å². The van der Waals surface area contributed by atoms with E-state index in [0.29, 0.717) is 43.0 Å². The van der Waals surface area contributed by atoms with Gasteiger partial charge in [-0.2, -0.15) is 18.3 Å². The summed E-state index contributed by atoms with van der Waals surface area (Å²) in [6.07, 6.45) is -0.188. The highest BCUT2D eigenvalue weighted by molar-refractivity contribution is 6.31. The summed E-state index contributed by atoms with van der Waals surface area (Å²) >= 11 is 5.84. The lowest BCUT2D eigenvalue weighted by Gasteiger charge is -2.27. The van der Waals surface area contributed by atoms with E-state index in [0.717, 1.165) is 0 Å².